The lowest BCUT2D eigenvalue weighted by Gasteiger charge is -2.46. The zero-order valence-electron chi connectivity index (χ0n) is 12.6. The molecule has 2 aliphatic heterocycles. The molecule has 0 aliphatic carbocycles. The van der Waals surface area contributed by atoms with Gasteiger partial charge in [0.25, 0.3) is 0 Å². The summed E-state index contributed by atoms with van der Waals surface area (Å²) in [7, 11) is 2.22. The Morgan fingerprint density at radius 2 is 2.15 bits per heavy atom. The van der Waals surface area contributed by atoms with Crippen molar-refractivity contribution in [2.24, 2.45) is 11.7 Å². The first-order valence-corrected chi connectivity index (χ1v) is 8.76. The van der Waals surface area contributed by atoms with Crippen LogP contribution in [-0.4, -0.2) is 66.5 Å². The molecule has 3 atom stereocenters. The van der Waals surface area contributed by atoms with Gasteiger partial charge in [0.15, 0.2) is 0 Å². The number of piperidine rings is 2. The van der Waals surface area contributed by atoms with Crippen LogP contribution in [0.5, 0.6) is 0 Å². The molecule has 2 heterocycles. The van der Waals surface area contributed by atoms with E-state index in [1.54, 1.807) is 11.8 Å². The molecular weight excluding hydrogens is 294 g/mol. The number of fused-ring (bicyclic) bond motifs is 1. The molecule has 2 fully saturated rings. The highest BCUT2D eigenvalue weighted by molar-refractivity contribution is 7.98. The van der Waals surface area contributed by atoms with Gasteiger partial charge < -0.3 is 15.5 Å². The number of carbonyl (C=O) groups is 1. The number of hydrogen-bond donors (Lipinski definition) is 1. The van der Waals surface area contributed by atoms with Crippen molar-refractivity contribution in [1.29, 1.82) is 0 Å². The number of carbonyl (C=O) groups excluding carboxylic acids is 1. The normalized spacial score (nSPS) is 28.4. The van der Waals surface area contributed by atoms with Gasteiger partial charge in [0.1, 0.15) is 0 Å². The molecular formula is C14H28ClN3OS. The number of halogens is 1. The van der Waals surface area contributed by atoms with Gasteiger partial charge >= 0.3 is 0 Å². The molecule has 0 aromatic carbocycles. The van der Waals surface area contributed by atoms with Crippen molar-refractivity contribution in [3.05, 3.63) is 0 Å². The summed E-state index contributed by atoms with van der Waals surface area (Å²) >= 11 is 1.76. The second-order valence-electron chi connectivity index (χ2n) is 5.91. The molecule has 2 rings (SSSR count). The van der Waals surface area contributed by atoms with E-state index in [0.717, 1.165) is 31.7 Å². The van der Waals surface area contributed by atoms with Gasteiger partial charge in [-0.15, -0.1) is 12.4 Å². The average Bonchev–Trinajstić information content (AvgIpc) is 2.43. The lowest BCUT2D eigenvalue weighted by atomic mass is 9.84. The monoisotopic (exact) mass is 321 g/mol. The summed E-state index contributed by atoms with van der Waals surface area (Å²) < 4.78 is 0. The van der Waals surface area contributed by atoms with Crippen LogP contribution < -0.4 is 5.73 Å². The van der Waals surface area contributed by atoms with Crippen LogP contribution in [-0.2, 0) is 4.79 Å². The molecule has 118 valence electrons. The highest BCUT2D eigenvalue weighted by Gasteiger charge is 2.36. The predicted molar refractivity (Wildman–Crippen MR) is 88.6 cm³/mol. The zero-order chi connectivity index (χ0) is 13.8. The molecule has 0 aromatic heterocycles. The van der Waals surface area contributed by atoms with Crippen molar-refractivity contribution in [2.75, 3.05) is 38.7 Å². The highest BCUT2D eigenvalue weighted by Crippen LogP contribution is 2.29. The van der Waals surface area contributed by atoms with Gasteiger partial charge in [0, 0.05) is 19.1 Å². The Kier molecular flexibility index (Phi) is 7.65. The second kappa shape index (κ2) is 8.47. The van der Waals surface area contributed by atoms with Crippen LogP contribution in [0.1, 0.15) is 25.7 Å². The number of likely N-dealkylation sites (tertiary alicyclic amines) is 2. The number of hydrogen-bond acceptors (Lipinski definition) is 4. The maximum Gasteiger partial charge on any atom is 0.239 e. The zero-order valence-corrected chi connectivity index (χ0v) is 14.2. The van der Waals surface area contributed by atoms with E-state index in [4.69, 9.17) is 5.73 Å². The van der Waals surface area contributed by atoms with Crippen molar-refractivity contribution in [2.45, 2.75) is 37.8 Å². The fourth-order valence-corrected chi connectivity index (χ4v) is 3.95. The third-order valence-corrected chi connectivity index (χ3v) is 5.25. The second-order valence-corrected chi connectivity index (χ2v) is 6.90. The molecule has 1 amide bonds. The SMILES string of the molecule is CSCC[C@H](N)C(=O)N1CCC2C(CCCN2C)C1.Cl. The number of nitrogens with two attached hydrogens (primary N) is 1. The van der Waals surface area contributed by atoms with E-state index in [1.165, 1.54) is 19.4 Å². The Morgan fingerprint density at radius 3 is 2.85 bits per heavy atom. The van der Waals surface area contributed by atoms with Gasteiger partial charge in [-0.05, 0) is 57.2 Å². The van der Waals surface area contributed by atoms with Crippen LogP contribution in [0.15, 0.2) is 0 Å². The summed E-state index contributed by atoms with van der Waals surface area (Å²) in [6.07, 6.45) is 6.49. The number of rotatable bonds is 4. The fraction of sp³-hybridized carbons (Fsp3) is 0.929. The van der Waals surface area contributed by atoms with Gasteiger partial charge in [-0.2, -0.15) is 11.8 Å². The van der Waals surface area contributed by atoms with Crippen LogP contribution in [0, 0.1) is 5.92 Å². The molecule has 6 heteroatoms. The van der Waals surface area contributed by atoms with Crippen LogP contribution in [0.4, 0.5) is 0 Å². The molecule has 0 spiro atoms. The van der Waals surface area contributed by atoms with Crippen LogP contribution in [0.3, 0.4) is 0 Å². The minimum Gasteiger partial charge on any atom is -0.341 e. The summed E-state index contributed by atoms with van der Waals surface area (Å²) in [6.45, 7) is 3.01. The average molecular weight is 322 g/mol. The van der Waals surface area contributed by atoms with Crippen LogP contribution >= 0.6 is 24.2 Å². The van der Waals surface area contributed by atoms with Gasteiger partial charge in [-0.25, -0.2) is 0 Å². The van der Waals surface area contributed by atoms with Crippen molar-refractivity contribution in [3.8, 4) is 0 Å². The standard InChI is InChI=1S/C14H27N3OS.ClH/c1-16-7-3-4-11-10-17(8-5-13(11)16)14(18)12(15)6-9-19-2;/h11-13H,3-10,15H2,1-2H3;1H/t11?,12-,13?;/m0./s1. The molecule has 0 bridgehead atoms. The van der Waals surface area contributed by atoms with E-state index >= 15 is 0 Å². The van der Waals surface area contributed by atoms with Crippen LogP contribution in [0.2, 0.25) is 0 Å². The molecule has 0 saturated carbocycles. The molecule has 20 heavy (non-hydrogen) atoms. The van der Waals surface area contributed by atoms with E-state index in [0.29, 0.717) is 12.0 Å². The molecule has 0 aromatic rings. The third-order valence-electron chi connectivity index (χ3n) is 4.61. The van der Waals surface area contributed by atoms with Crippen molar-refractivity contribution in [3.63, 3.8) is 0 Å². The smallest absolute Gasteiger partial charge is 0.239 e. The molecule has 2 saturated heterocycles. The third kappa shape index (κ3) is 4.26. The van der Waals surface area contributed by atoms with E-state index in [9.17, 15) is 4.79 Å². The van der Waals surface area contributed by atoms with Crippen LogP contribution in [0.25, 0.3) is 0 Å². The Morgan fingerprint density at radius 1 is 1.40 bits per heavy atom. The first-order chi connectivity index (χ1) is 9.13. The molecule has 4 nitrogen and oxygen atoms in total. The molecule has 2 N–H and O–H groups in total. The maximum atomic E-state index is 12.3. The topological polar surface area (TPSA) is 49.6 Å². The Bertz CT molecular complexity index is 319. The van der Waals surface area contributed by atoms with E-state index in [-0.39, 0.29) is 24.4 Å². The van der Waals surface area contributed by atoms with Crippen molar-refractivity contribution in [1.82, 2.24) is 9.80 Å². The van der Waals surface area contributed by atoms with E-state index in [1.807, 2.05) is 4.90 Å². The minimum atomic E-state index is -0.301. The van der Waals surface area contributed by atoms with Gasteiger partial charge in [-0.1, -0.05) is 0 Å². The van der Waals surface area contributed by atoms with Crippen molar-refractivity contribution < 1.29 is 4.79 Å². The van der Waals surface area contributed by atoms with E-state index in [2.05, 4.69) is 18.2 Å². The maximum absolute atomic E-state index is 12.3. The number of amides is 1. The Hall–Kier alpha value is 0.0300. The van der Waals surface area contributed by atoms with Gasteiger partial charge in [-0.3, -0.25) is 4.79 Å². The largest absolute Gasteiger partial charge is 0.341 e. The Labute approximate surface area is 133 Å². The summed E-state index contributed by atoms with van der Waals surface area (Å²) in [4.78, 5) is 16.8. The Balaban J connectivity index is 0.00000200. The molecule has 0 radical (unpaired) electrons. The minimum absolute atomic E-state index is 0. The van der Waals surface area contributed by atoms with Gasteiger partial charge in [0.05, 0.1) is 6.04 Å². The van der Waals surface area contributed by atoms with Crippen molar-refractivity contribution >= 4 is 30.1 Å². The number of thioether (sulfide) groups is 1. The molecule has 2 unspecified atom stereocenters. The van der Waals surface area contributed by atoms with E-state index < -0.39 is 0 Å². The first-order valence-electron chi connectivity index (χ1n) is 7.37. The predicted octanol–water partition coefficient (Wildman–Crippen LogP) is 1.43. The summed E-state index contributed by atoms with van der Waals surface area (Å²) in [5, 5.41) is 0. The summed E-state index contributed by atoms with van der Waals surface area (Å²) in [5.41, 5.74) is 6.01. The lowest BCUT2D eigenvalue weighted by Crippen LogP contribution is -2.56. The number of nitrogens with zero attached hydrogens (tertiary/aromatic N) is 2. The highest BCUT2D eigenvalue weighted by atomic mass is 35.5. The summed E-state index contributed by atoms with van der Waals surface area (Å²) in [5.74, 6) is 1.79. The fourth-order valence-electron chi connectivity index (χ4n) is 3.46. The molecule has 2 aliphatic rings. The first kappa shape index (κ1) is 18.1. The van der Waals surface area contributed by atoms with Gasteiger partial charge in [0.2, 0.25) is 5.91 Å². The quantitative estimate of drug-likeness (QED) is 0.851. The lowest BCUT2D eigenvalue weighted by molar-refractivity contribution is -0.136. The summed E-state index contributed by atoms with van der Waals surface area (Å²) in [6, 6.07) is 0.380.